The normalized spacial score (nSPS) is 10.2. The van der Waals surface area contributed by atoms with Crippen LogP contribution in [0.1, 0.15) is 5.56 Å². The third kappa shape index (κ3) is 3.24. The van der Waals surface area contributed by atoms with E-state index in [1.54, 1.807) is 18.2 Å². The Morgan fingerprint density at radius 3 is 3.00 bits per heavy atom. The van der Waals surface area contributed by atoms with Gasteiger partial charge in [-0.25, -0.2) is 10.2 Å². The average Bonchev–Trinajstić information content (AvgIpc) is 2.03. The summed E-state index contributed by atoms with van der Waals surface area (Å²) >= 11 is 0. The Bertz CT molecular complexity index is 336. The molecule has 0 spiro atoms. The van der Waals surface area contributed by atoms with Crippen LogP contribution in [0.25, 0.3) is 0 Å². The van der Waals surface area contributed by atoms with Gasteiger partial charge in [0.2, 0.25) is 0 Å². The Morgan fingerprint density at radius 2 is 2.38 bits per heavy atom. The Labute approximate surface area is 74.9 Å². The number of nitrogens with one attached hydrogen (secondary N) is 1. The lowest BCUT2D eigenvalue weighted by Crippen LogP contribution is -2.24. The number of urea groups is 1. The minimum atomic E-state index is -0.726. The number of nitrogens with two attached hydrogens (primary N) is 1. The van der Waals surface area contributed by atoms with Crippen LogP contribution in [0.2, 0.25) is 0 Å². The SMILES string of the molecule is NC(=O)N/N=C/c1cccc(O)c1. The molecule has 5 heteroatoms. The molecule has 68 valence electrons. The predicted octanol–water partition coefficient (Wildman–Crippen LogP) is 0.394. The van der Waals surface area contributed by atoms with Crippen molar-refractivity contribution in [3.8, 4) is 5.75 Å². The van der Waals surface area contributed by atoms with E-state index in [0.29, 0.717) is 5.56 Å². The number of nitrogens with zero attached hydrogens (tertiary/aromatic N) is 1. The summed E-state index contributed by atoms with van der Waals surface area (Å²) in [6.07, 6.45) is 1.38. The number of hydrazone groups is 1. The van der Waals surface area contributed by atoms with E-state index in [1.807, 2.05) is 5.43 Å². The third-order valence-electron chi connectivity index (χ3n) is 1.26. The predicted molar refractivity (Wildman–Crippen MR) is 48.4 cm³/mol. The Hall–Kier alpha value is -2.04. The minimum absolute atomic E-state index is 0.142. The molecule has 2 amide bonds. The lowest BCUT2D eigenvalue weighted by atomic mass is 10.2. The number of rotatable bonds is 2. The Kier molecular flexibility index (Phi) is 2.86. The number of primary amides is 1. The van der Waals surface area contributed by atoms with Gasteiger partial charge in [0.15, 0.2) is 0 Å². The second kappa shape index (κ2) is 4.10. The molecule has 0 atom stereocenters. The van der Waals surface area contributed by atoms with Crippen LogP contribution in [0.3, 0.4) is 0 Å². The highest BCUT2D eigenvalue weighted by atomic mass is 16.3. The van der Waals surface area contributed by atoms with Crippen LogP contribution in [-0.2, 0) is 0 Å². The van der Waals surface area contributed by atoms with Crippen LogP contribution in [0.4, 0.5) is 4.79 Å². The molecule has 4 N–H and O–H groups in total. The van der Waals surface area contributed by atoms with E-state index in [4.69, 9.17) is 10.8 Å². The van der Waals surface area contributed by atoms with E-state index in [-0.39, 0.29) is 5.75 Å². The number of amides is 2. The van der Waals surface area contributed by atoms with Gasteiger partial charge < -0.3 is 10.8 Å². The zero-order valence-corrected chi connectivity index (χ0v) is 6.77. The first-order valence-corrected chi connectivity index (χ1v) is 3.56. The van der Waals surface area contributed by atoms with Gasteiger partial charge >= 0.3 is 6.03 Å². The van der Waals surface area contributed by atoms with Crippen LogP contribution in [0, 0.1) is 0 Å². The highest BCUT2D eigenvalue weighted by Crippen LogP contribution is 2.08. The molecule has 0 aliphatic carbocycles. The highest BCUT2D eigenvalue weighted by molar-refractivity contribution is 5.81. The van der Waals surface area contributed by atoms with E-state index in [9.17, 15) is 4.79 Å². The second-order valence-corrected chi connectivity index (χ2v) is 2.33. The standard InChI is InChI=1S/C8H9N3O2/c9-8(13)11-10-5-6-2-1-3-7(12)4-6/h1-5,12H,(H3,9,11,13)/b10-5+. The summed E-state index contributed by atoms with van der Waals surface area (Å²) in [4.78, 5) is 10.2. The molecule has 1 rings (SSSR count). The van der Waals surface area contributed by atoms with Crippen LogP contribution in [0.5, 0.6) is 5.75 Å². The topological polar surface area (TPSA) is 87.7 Å². The zero-order valence-electron chi connectivity index (χ0n) is 6.77. The van der Waals surface area contributed by atoms with Crippen molar-refractivity contribution >= 4 is 12.2 Å². The van der Waals surface area contributed by atoms with Crippen LogP contribution in [-0.4, -0.2) is 17.4 Å². The smallest absolute Gasteiger partial charge is 0.332 e. The Balaban J connectivity index is 2.63. The number of carbonyl (C=O) groups is 1. The molecule has 5 nitrogen and oxygen atoms in total. The first-order valence-electron chi connectivity index (χ1n) is 3.56. The first kappa shape index (κ1) is 9.05. The molecule has 0 aliphatic rings. The van der Waals surface area contributed by atoms with Crippen molar-refractivity contribution < 1.29 is 9.90 Å². The third-order valence-corrected chi connectivity index (χ3v) is 1.26. The van der Waals surface area contributed by atoms with Gasteiger partial charge in [0.1, 0.15) is 5.75 Å². The van der Waals surface area contributed by atoms with Crippen molar-refractivity contribution in [2.75, 3.05) is 0 Å². The fourth-order valence-electron chi connectivity index (χ4n) is 0.776. The van der Waals surface area contributed by atoms with E-state index in [0.717, 1.165) is 0 Å². The molecular formula is C8H9N3O2. The molecule has 0 bridgehead atoms. The van der Waals surface area contributed by atoms with E-state index in [1.165, 1.54) is 12.3 Å². The van der Waals surface area contributed by atoms with Gasteiger partial charge in [0.25, 0.3) is 0 Å². The van der Waals surface area contributed by atoms with Crippen molar-refractivity contribution in [1.82, 2.24) is 5.43 Å². The summed E-state index contributed by atoms with van der Waals surface area (Å²) in [7, 11) is 0. The van der Waals surface area contributed by atoms with Gasteiger partial charge in [0, 0.05) is 0 Å². The quantitative estimate of drug-likeness (QED) is 0.453. The van der Waals surface area contributed by atoms with Crippen molar-refractivity contribution in [2.24, 2.45) is 10.8 Å². The van der Waals surface area contributed by atoms with Crippen LogP contribution in [0.15, 0.2) is 29.4 Å². The van der Waals surface area contributed by atoms with Crippen molar-refractivity contribution in [3.63, 3.8) is 0 Å². The first-order chi connectivity index (χ1) is 6.18. The summed E-state index contributed by atoms with van der Waals surface area (Å²) in [5.74, 6) is 0.142. The number of benzene rings is 1. The van der Waals surface area contributed by atoms with Crippen molar-refractivity contribution in [3.05, 3.63) is 29.8 Å². The maximum atomic E-state index is 10.2. The fourth-order valence-corrected chi connectivity index (χ4v) is 0.776. The zero-order chi connectivity index (χ0) is 9.68. The molecule has 0 unspecified atom stereocenters. The summed E-state index contributed by atoms with van der Waals surface area (Å²) in [6, 6.07) is 5.72. The van der Waals surface area contributed by atoms with Crippen molar-refractivity contribution in [2.45, 2.75) is 0 Å². The average molecular weight is 179 g/mol. The van der Waals surface area contributed by atoms with Crippen LogP contribution < -0.4 is 11.2 Å². The number of phenolic OH excluding ortho intramolecular Hbond substituents is 1. The molecule has 0 radical (unpaired) electrons. The molecule has 0 saturated carbocycles. The van der Waals surface area contributed by atoms with E-state index < -0.39 is 6.03 Å². The summed E-state index contributed by atoms with van der Waals surface area (Å²) in [5.41, 5.74) is 7.49. The molecule has 0 fully saturated rings. The van der Waals surface area contributed by atoms with Gasteiger partial charge in [-0.3, -0.25) is 0 Å². The summed E-state index contributed by atoms with van der Waals surface area (Å²) in [5, 5.41) is 12.6. The van der Waals surface area contributed by atoms with Gasteiger partial charge in [0.05, 0.1) is 6.21 Å². The fraction of sp³-hybridized carbons (Fsp3) is 0. The monoisotopic (exact) mass is 179 g/mol. The number of hydrogen-bond donors (Lipinski definition) is 3. The number of hydrogen-bond acceptors (Lipinski definition) is 3. The second-order valence-electron chi connectivity index (χ2n) is 2.33. The van der Waals surface area contributed by atoms with Crippen molar-refractivity contribution in [1.29, 1.82) is 0 Å². The summed E-state index contributed by atoms with van der Waals surface area (Å²) < 4.78 is 0. The molecular weight excluding hydrogens is 170 g/mol. The number of aromatic hydroxyl groups is 1. The minimum Gasteiger partial charge on any atom is -0.508 e. The van der Waals surface area contributed by atoms with E-state index >= 15 is 0 Å². The molecule has 0 aliphatic heterocycles. The number of phenols is 1. The van der Waals surface area contributed by atoms with Crippen LogP contribution >= 0.6 is 0 Å². The Morgan fingerprint density at radius 1 is 1.62 bits per heavy atom. The number of carbonyl (C=O) groups excluding carboxylic acids is 1. The molecule has 1 aromatic carbocycles. The molecule has 0 heterocycles. The molecule has 0 saturated heterocycles. The largest absolute Gasteiger partial charge is 0.508 e. The highest BCUT2D eigenvalue weighted by Gasteiger charge is 1.90. The lowest BCUT2D eigenvalue weighted by molar-refractivity contribution is 0.249. The van der Waals surface area contributed by atoms with Gasteiger partial charge in [-0.15, -0.1) is 0 Å². The lowest BCUT2D eigenvalue weighted by Gasteiger charge is -1.94. The van der Waals surface area contributed by atoms with Gasteiger partial charge in [-0.2, -0.15) is 5.10 Å². The maximum Gasteiger partial charge on any atom is 0.332 e. The summed E-state index contributed by atoms with van der Waals surface area (Å²) in [6.45, 7) is 0. The van der Waals surface area contributed by atoms with Gasteiger partial charge in [-0.1, -0.05) is 12.1 Å². The molecule has 1 aromatic rings. The van der Waals surface area contributed by atoms with E-state index in [2.05, 4.69) is 5.10 Å². The molecule has 13 heavy (non-hydrogen) atoms. The van der Waals surface area contributed by atoms with Gasteiger partial charge in [-0.05, 0) is 17.7 Å². The maximum absolute atomic E-state index is 10.2. The molecule has 0 aromatic heterocycles.